The van der Waals surface area contributed by atoms with E-state index in [9.17, 15) is 0 Å². The summed E-state index contributed by atoms with van der Waals surface area (Å²) in [5.74, 6) is 0. The Labute approximate surface area is 383 Å². The topological polar surface area (TPSA) is 34.1 Å². The molecule has 1 aromatic rings. The van der Waals surface area contributed by atoms with Gasteiger partial charge in [0.15, 0.2) is 0 Å². The predicted molar refractivity (Wildman–Crippen MR) is 276 cm³/mol. The molecule has 0 atom stereocenters. The van der Waals surface area contributed by atoms with Gasteiger partial charge in [0.1, 0.15) is 0 Å². The Hall–Kier alpha value is -3.08. The van der Waals surface area contributed by atoms with Crippen molar-refractivity contribution in [2.24, 2.45) is 0 Å². The van der Waals surface area contributed by atoms with E-state index < -0.39 is 11.6 Å². The largest absolute Gasteiger partial charge is 0.335 e. The summed E-state index contributed by atoms with van der Waals surface area (Å²) in [7, 11) is 0. The molecule has 2 nitrogen and oxygen atoms in total. The van der Waals surface area contributed by atoms with Gasteiger partial charge in [0.25, 0.3) is 0 Å². The predicted octanol–water partition coefficient (Wildman–Crippen LogP) is 18.7. The van der Waals surface area contributed by atoms with Crippen molar-refractivity contribution in [3.8, 4) is 0 Å². The van der Waals surface area contributed by atoms with E-state index >= 15 is 0 Å². The van der Waals surface area contributed by atoms with Crippen molar-refractivity contribution in [1.29, 1.82) is 0 Å². The Kier molecular flexibility index (Phi) is 40.6. The molecule has 0 unspecified atom stereocenters. The molecule has 0 aliphatic heterocycles. The van der Waals surface area contributed by atoms with Gasteiger partial charge in [-0.05, 0) is 198 Å². The fraction of sp³-hybridized carbons (Fsp3) is 0.536. The van der Waals surface area contributed by atoms with Gasteiger partial charge in [-0.1, -0.05) is 163 Å². The molecule has 0 fully saturated rings. The summed E-state index contributed by atoms with van der Waals surface area (Å²) < 4.78 is 16.6. The molecule has 0 saturated heterocycles. The minimum atomic E-state index is -0.750. The van der Waals surface area contributed by atoms with E-state index in [-0.39, 0.29) is 0 Å². The Bertz CT molecular complexity index is 1620. The Morgan fingerprint density at radius 1 is 0.383 bits per heavy atom. The molecule has 0 spiro atoms. The number of benzene rings is 1. The number of hydrogen-bond acceptors (Lipinski definition) is 2. The van der Waals surface area contributed by atoms with Gasteiger partial charge in [0, 0.05) is 5.33 Å². The van der Waals surface area contributed by atoms with E-state index in [1.807, 2.05) is 0 Å². The zero-order valence-electron chi connectivity index (χ0n) is 40.5. The first-order valence-electron chi connectivity index (χ1n) is 22.7. The van der Waals surface area contributed by atoms with E-state index in [1.54, 1.807) is 0 Å². The second kappa shape index (κ2) is 41.3. The van der Waals surface area contributed by atoms with Gasteiger partial charge in [-0.25, -0.2) is 0 Å². The maximum Gasteiger partial charge on any atom is 0.335 e. The fourth-order valence-corrected chi connectivity index (χ4v) is 6.86. The third-order valence-corrected chi connectivity index (χ3v) is 10.6. The van der Waals surface area contributed by atoms with Crippen molar-refractivity contribution in [2.45, 2.75) is 192 Å². The molecule has 1 rings (SSSR count). The van der Waals surface area contributed by atoms with Gasteiger partial charge in [-0.15, -0.1) is 0 Å². The highest BCUT2D eigenvalue weighted by atomic mass is 79.9. The van der Waals surface area contributed by atoms with Gasteiger partial charge >= 0.3 is 11.6 Å². The van der Waals surface area contributed by atoms with E-state index in [0.717, 1.165) is 18.2 Å². The van der Waals surface area contributed by atoms with Crippen molar-refractivity contribution in [2.75, 3.05) is 5.33 Å². The van der Waals surface area contributed by atoms with Crippen LogP contribution in [0.5, 0.6) is 0 Å². The van der Waals surface area contributed by atoms with Crippen LogP contribution in [0, 0.1) is 0 Å². The van der Waals surface area contributed by atoms with E-state index in [0.29, 0.717) is 0 Å². The number of halogens is 1. The molecular weight excluding hydrogens is 817 g/mol. The molecule has 0 saturated carbocycles. The molecule has 0 radical (unpaired) electrons. The van der Waals surface area contributed by atoms with Gasteiger partial charge in [0.05, 0.1) is 0 Å². The molecule has 0 aliphatic carbocycles. The molecule has 0 bridgehead atoms. The normalized spacial score (nSPS) is 13.2. The summed E-state index contributed by atoms with van der Waals surface area (Å²) in [6.07, 6.45) is 43.8. The average molecular weight is 904 g/mol. The van der Waals surface area contributed by atoms with Crippen LogP contribution in [0.15, 0.2) is 147 Å². The number of hydrogen-bond donors (Lipinski definition) is 0. The second-order valence-electron chi connectivity index (χ2n) is 17.2. The first-order chi connectivity index (χ1) is 28.6. The lowest BCUT2D eigenvalue weighted by molar-refractivity contribution is 0.630. The quantitative estimate of drug-likeness (QED) is 0.0651. The van der Waals surface area contributed by atoms with Gasteiger partial charge in [-0.3, -0.25) is 0 Å². The van der Waals surface area contributed by atoms with Crippen LogP contribution in [0.1, 0.15) is 191 Å². The van der Waals surface area contributed by atoms with E-state index in [4.69, 9.17) is 8.42 Å². The zero-order valence-corrected chi connectivity index (χ0v) is 42.9. The molecule has 60 heavy (non-hydrogen) atoms. The van der Waals surface area contributed by atoms with Crippen LogP contribution in [0.2, 0.25) is 0 Å². The first kappa shape index (κ1) is 59.0. The standard InChI is InChI=1S/C31H46.C25H41Br.O2S/c1-26(2)14-10-15-27(3)16-11-17-28(4)18-12-19-29(5)20-13-21-30(6)24-25-31-22-8-7-9-23-31;1-21(2)11-7-12-22(3)13-8-14-23(4)15-9-16-24(5)17-10-18-25(6)19-20-26;1-3-2/h7-9,14,16,18,20,22-24H,10-13,15,17,19,21,25H2,1-6H3;11,13,15,17,19H,7-10,12,14,16,18,20H2,1-6H3;/b27-16+,28-18+,29-20+,30-24+;22-13+,23-15+,24-17+,25-19+;. The van der Waals surface area contributed by atoms with E-state index in [2.05, 4.69) is 190 Å². The van der Waals surface area contributed by atoms with Crippen LogP contribution in [-0.2, 0) is 18.0 Å². The third kappa shape index (κ3) is 43.0. The van der Waals surface area contributed by atoms with Crippen LogP contribution in [0.4, 0.5) is 0 Å². The Balaban J connectivity index is 0. The molecule has 336 valence electrons. The minimum absolute atomic E-state index is 0.750. The van der Waals surface area contributed by atoms with Gasteiger partial charge in [-0.2, -0.15) is 8.42 Å². The SMILES string of the molecule is CC(C)=CCC/C(C)=C/CC/C(C)=C/CC/C(C)=C/CC/C(C)=C/CBr.CC(C)=CCC/C(C)=C/CC/C(C)=C/CC/C(C)=C/CC/C(C)=C/Cc1ccccc1.O=S=O. The molecule has 0 heterocycles. The minimum Gasteiger partial charge on any atom is -0.168 e. The van der Waals surface area contributed by atoms with Crippen LogP contribution >= 0.6 is 15.9 Å². The van der Waals surface area contributed by atoms with Crippen molar-refractivity contribution in [3.63, 3.8) is 0 Å². The summed E-state index contributed by atoms with van der Waals surface area (Å²) in [6, 6.07) is 10.7. The Morgan fingerprint density at radius 3 is 0.867 bits per heavy atom. The van der Waals surface area contributed by atoms with Crippen molar-refractivity contribution in [3.05, 3.63) is 152 Å². The molecule has 0 aromatic heterocycles. The molecule has 0 aliphatic rings. The maximum atomic E-state index is 8.29. The van der Waals surface area contributed by atoms with Crippen LogP contribution in [-0.4, -0.2) is 13.7 Å². The van der Waals surface area contributed by atoms with Crippen LogP contribution in [0.25, 0.3) is 0 Å². The number of allylic oxidation sites excluding steroid dienone is 20. The van der Waals surface area contributed by atoms with Crippen molar-refractivity contribution >= 4 is 27.5 Å². The lowest BCUT2D eigenvalue weighted by Gasteiger charge is -2.03. The molecule has 0 N–H and O–H groups in total. The monoisotopic (exact) mass is 903 g/mol. The van der Waals surface area contributed by atoms with Gasteiger partial charge < -0.3 is 0 Å². The summed E-state index contributed by atoms with van der Waals surface area (Å²) in [6.45, 7) is 26.8. The summed E-state index contributed by atoms with van der Waals surface area (Å²) in [4.78, 5) is 0. The smallest absolute Gasteiger partial charge is 0.168 e. The van der Waals surface area contributed by atoms with Crippen LogP contribution < -0.4 is 0 Å². The molecule has 4 heteroatoms. The first-order valence-corrected chi connectivity index (χ1v) is 24.5. The fourth-order valence-electron chi connectivity index (χ4n) is 6.31. The highest BCUT2D eigenvalue weighted by Crippen LogP contribution is 2.17. The second-order valence-corrected chi connectivity index (χ2v) is 18.0. The highest BCUT2D eigenvalue weighted by Gasteiger charge is 1.97. The third-order valence-electron chi connectivity index (χ3n) is 10.3. The lowest BCUT2D eigenvalue weighted by atomic mass is 10.0. The number of alkyl halides is 1. The number of rotatable bonds is 27. The summed E-state index contributed by atoms with van der Waals surface area (Å²) in [5.41, 5.74) is 16.4. The summed E-state index contributed by atoms with van der Waals surface area (Å²) in [5, 5.41) is 0.968. The average Bonchev–Trinajstić information content (AvgIpc) is 3.18. The molecule has 1 aromatic carbocycles. The molecule has 0 amide bonds. The van der Waals surface area contributed by atoms with E-state index in [1.165, 1.54) is 158 Å². The van der Waals surface area contributed by atoms with Crippen LogP contribution in [0.3, 0.4) is 0 Å². The van der Waals surface area contributed by atoms with Crippen molar-refractivity contribution < 1.29 is 8.42 Å². The van der Waals surface area contributed by atoms with Crippen molar-refractivity contribution in [1.82, 2.24) is 0 Å². The molecular formula is C56H87BrO2S. The van der Waals surface area contributed by atoms with Gasteiger partial charge in [0.2, 0.25) is 0 Å². The summed E-state index contributed by atoms with van der Waals surface area (Å²) >= 11 is 2.71. The zero-order chi connectivity index (χ0) is 45.4. The Morgan fingerprint density at radius 2 is 0.617 bits per heavy atom. The highest BCUT2D eigenvalue weighted by molar-refractivity contribution is 9.09. The lowest BCUT2D eigenvalue weighted by Crippen LogP contribution is -1.84. The maximum absolute atomic E-state index is 8.29.